The molecule has 5 heteroatoms. The number of piperidine rings is 1. The molecule has 1 aliphatic rings. The van der Waals surface area contributed by atoms with Crippen molar-refractivity contribution in [3.05, 3.63) is 29.8 Å². The number of hydrogen-bond donors (Lipinski definition) is 1. The summed E-state index contributed by atoms with van der Waals surface area (Å²) in [5, 5.41) is 0. The Bertz CT molecular complexity index is 616. The maximum Gasteiger partial charge on any atom is 0.125 e. The van der Waals surface area contributed by atoms with Gasteiger partial charge in [0.1, 0.15) is 11.6 Å². The summed E-state index contributed by atoms with van der Waals surface area (Å²) in [4.78, 5) is 7.09. The first-order valence-corrected chi connectivity index (χ1v) is 7.78. The lowest BCUT2D eigenvalue weighted by Gasteiger charge is -2.27. The molecule has 2 heterocycles. The van der Waals surface area contributed by atoms with Crippen LogP contribution in [0.25, 0.3) is 11.0 Å². The summed E-state index contributed by atoms with van der Waals surface area (Å²) in [5.41, 5.74) is 7.55. The topological polar surface area (TPSA) is 47.1 Å². The molecule has 1 unspecified atom stereocenters. The molecule has 3 rings (SSSR count). The van der Waals surface area contributed by atoms with E-state index in [1.807, 2.05) is 6.07 Å². The van der Waals surface area contributed by atoms with E-state index in [0.29, 0.717) is 6.54 Å². The first kappa shape index (κ1) is 14.5. The van der Waals surface area contributed by atoms with Gasteiger partial charge in [-0.05, 0) is 45.0 Å². The Hall–Kier alpha value is -1.46. The van der Waals surface area contributed by atoms with Crippen molar-refractivity contribution in [2.75, 3.05) is 19.6 Å². The number of nitrogens with two attached hydrogens (primary N) is 1. The number of benzene rings is 1. The van der Waals surface area contributed by atoms with Crippen LogP contribution in [0, 0.1) is 5.82 Å². The van der Waals surface area contributed by atoms with E-state index in [1.165, 1.54) is 31.4 Å². The molecular formula is C16H23FN4. The lowest BCUT2D eigenvalue weighted by Crippen LogP contribution is -2.31. The second-order valence-corrected chi connectivity index (χ2v) is 5.95. The molecule has 1 aromatic heterocycles. The first-order chi connectivity index (χ1) is 10.2. The van der Waals surface area contributed by atoms with Crippen molar-refractivity contribution in [1.82, 2.24) is 14.5 Å². The Kier molecular flexibility index (Phi) is 4.22. The minimum atomic E-state index is -0.239. The maximum atomic E-state index is 13.4. The molecule has 4 nitrogen and oxygen atoms in total. The summed E-state index contributed by atoms with van der Waals surface area (Å²) in [6.45, 7) is 5.70. The van der Waals surface area contributed by atoms with Crippen LogP contribution >= 0.6 is 0 Å². The SMILES string of the molecule is CC(CN)n1c(CN2CCCCC2)nc2cc(F)ccc21. The van der Waals surface area contributed by atoms with E-state index in [4.69, 9.17) is 5.73 Å². The van der Waals surface area contributed by atoms with Crippen molar-refractivity contribution in [1.29, 1.82) is 0 Å². The molecule has 114 valence electrons. The third-order valence-electron chi connectivity index (χ3n) is 4.32. The van der Waals surface area contributed by atoms with Crippen LogP contribution in [0.4, 0.5) is 4.39 Å². The molecule has 1 atom stereocenters. The van der Waals surface area contributed by atoms with Crippen LogP contribution in [0.3, 0.4) is 0 Å². The van der Waals surface area contributed by atoms with E-state index in [2.05, 4.69) is 21.4 Å². The molecule has 1 saturated heterocycles. The Labute approximate surface area is 124 Å². The van der Waals surface area contributed by atoms with Crippen molar-refractivity contribution in [3.63, 3.8) is 0 Å². The second-order valence-electron chi connectivity index (χ2n) is 5.95. The number of nitrogens with zero attached hydrogens (tertiary/aromatic N) is 3. The quantitative estimate of drug-likeness (QED) is 0.941. The Balaban J connectivity index is 1.98. The molecule has 0 radical (unpaired) electrons. The number of rotatable bonds is 4. The van der Waals surface area contributed by atoms with E-state index < -0.39 is 0 Å². The van der Waals surface area contributed by atoms with E-state index in [1.54, 1.807) is 0 Å². The smallest absolute Gasteiger partial charge is 0.125 e. The van der Waals surface area contributed by atoms with Crippen LogP contribution in [0.15, 0.2) is 18.2 Å². The summed E-state index contributed by atoms with van der Waals surface area (Å²) in [6.07, 6.45) is 3.82. The van der Waals surface area contributed by atoms with Gasteiger partial charge in [0.2, 0.25) is 0 Å². The normalized spacial score (nSPS) is 18.2. The number of aromatic nitrogens is 2. The Morgan fingerprint density at radius 3 is 2.76 bits per heavy atom. The third-order valence-corrected chi connectivity index (χ3v) is 4.32. The lowest BCUT2D eigenvalue weighted by atomic mass is 10.1. The number of hydrogen-bond acceptors (Lipinski definition) is 3. The van der Waals surface area contributed by atoms with Gasteiger partial charge in [-0.25, -0.2) is 9.37 Å². The van der Waals surface area contributed by atoms with Gasteiger partial charge in [-0.3, -0.25) is 4.90 Å². The fourth-order valence-electron chi connectivity index (χ4n) is 3.15. The van der Waals surface area contributed by atoms with Crippen LogP contribution in [-0.4, -0.2) is 34.1 Å². The van der Waals surface area contributed by atoms with Gasteiger partial charge < -0.3 is 10.3 Å². The van der Waals surface area contributed by atoms with Crippen molar-refractivity contribution in [2.45, 2.75) is 38.8 Å². The zero-order valence-electron chi connectivity index (χ0n) is 12.6. The highest BCUT2D eigenvalue weighted by atomic mass is 19.1. The first-order valence-electron chi connectivity index (χ1n) is 7.78. The van der Waals surface area contributed by atoms with Gasteiger partial charge in [0, 0.05) is 18.7 Å². The molecule has 21 heavy (non-hydrogen) atoms. The standard InChI is InChI=1S/C16H23FN4/c1-12(10-18)21-15-6-5-13(17)9-14(15)19-16(21)11-20-7-3-2-4-8-20/h5-6,9,12H,2-4,7-8,10-11,18H2,1H3. The van der Waals surface area contributed by atoms with Gasteiger partial charge in [0.05, 0.1) is 17.6 Å². The molecular weight excluding hydrogens is 267 g/mol. The Morgan fingerprint density at radius 2 is 2.05 bits per heavy atom. The molecule has 0 amide bonds. The largest absolute Gasteiger partial charge is 0.328 e. The highest BCUT2D eigenvalue weighted by molar-refractivity contribution is 5.76. The predicted octanol–water partition coefficient (Wildman–Crippen LogP) is 2.68. The molecule has 1 fully saturated rings. The summed E-state index contributed by atoms with van der Waals surface area (Å²) >= 11 is 0. The summed E-state index contributed by atoms with van der Waals surface area (Å²) in [5.74, 6) is 0.757. The van der Waals surface area contributed by atoms with Gasteiger partial charge in [0.25, 0.3) is 0 Å². The average Bonchev–Trinajstić information content (AvgIpc) is 2.84. The molecule has 2 N–H and O–H groups in total. The molecule has 0 bridgehead atoms. The average molecular weight is 290 g/mol. The maximum absolute atomic E-state index is 13.4. The molecule has 1 aliphatic heterocycles. The summed E-state index contributed by atoms with van der Waals surface area (Å²) in [6, 6.07) is 4.98. The second kappa shape index (κ2) is 6.12. The van der Waals surface area contributed by atoms with Crippen LogP contribution in [0.2, 0.25) is 0 Å². The molecule has 0 saturated carbocycles. The number of fused-ring (bicyclic) bond motifs is 1. The van der Waals surface area contributed by atoms with Crippen molar-refractivity contribution < 1.29 is 4.39 Å². The zero-order chi connectivity index (χ0) is 14.8. The van der Waals surface area contributed by atoms with Gasteiger partial charge in [-0.2, -0.15) is 0 Å². The van der Waals surface area contributed by atoms with Gasteiger partial charge in [-0.1, -0.05) is 6.42 Å². The predicted molar refractivity (Wildman–Crippen MR) is 82.6 cm³/mol. The Morgan fingerprint density at radius 1 is 1.29 bits per heavy atom. The fraction of sp³-hybridized carbons (Fsp3) is 0.562. The monoisotopic (exact) mass is 290 g/mol. The molecule has 1 aromatic carbocycles. The van der Waals surface area contributed by atoms with E-state index in [9.17, 15) is 4.39 Å². The number of likely N-dealkylation sites (tertiary alicyclic amines) is 1. The van der Waals surface area contributed by atoms with E-state index in [-0.39, 0.29) is 11.9 Å². The lowest BCUT2D eigenvalue weighted by molar-refractivity contribution is 0.212. The highest BCUT2D eigenvalue weighted by Gasteiger charge is 2.19. The van der Waals surface area contributed by atoms with Crippen molar-refractivity contribution in [2.24, 2.45) is 5.73 Å². The van der Waals surface area contributed by atoms with Gasteiger partial charge in [0.15, 0.2) is 0 Å². The number of imidazole rings is 1. The minimum Gasteiger partial charge on any atom is -0.328 e. The van der Waals surface area contributed by atoms with Crippen LogP contribution in [-0.2, 0) is 6.54 Å². The van der Waals surface area contributed by atoms with E-state index >= 15 is 0 Å². The van der Waals surface area contributed by atoms with Gasteiger partial charge >= 0.3 is 0 Å². The van der Waals surface area contributed by atoms with Crippen LogP contribution in [0.5, 0.6) is 0 Å². The highest BCUT2D eigenvalue weighted by Crippen LogP contribution is 2.23. The van der Waals surface area contributed by atoms with Crippen molar-refractivity contribution in [3.8, 4) is 0 Å². The van der Waals surface area contributed by atoms with Crippen molar-refractivity contribution >= 4 is 11.0 Å². The zero-order valence-corrected chi connectivity index (χ0v) is 12.6. The van der Waals surface area contributed by atoms with E-state index in [0.717, 1.165) is 36.5 Å². The minimum absolute atomic E-state index is 0.167. The molecule has 0 aliphatic carbocycles. The van der Waals surface area contributed by atoms with Gasteiger partial charge in [-0.15, -0.1) is 0 Å². The summed E-state index contributed by atoms with van der Waals surface area (Å²) in [7, 11) is 0. The van der Waals surface area contributed by atoms with Crippen LogP contribution in [0.1, 0.15) is 38.1 Å². The fourth-order valence-corrected chi connectivity index (χ4v) is 3.15. The number of halogens is 1. The summed E-state index contributed by atoms with van der Waals surface area (Å²) < 4.78 is 15.6. The third kappa shape index (κ3) is 2.94. The molecule has 0 spiro atoms. The van der Waals surface area contributed by atoms with Crippen LogP contribution < -0.4 is 5.73 Å². The molecule has 2 aromatic rings.